The summed E-state index contributed by atoms with van der Waals surface area (Å²) in [6, 6.07) is 11.6. The lowest BCUT2D eigenvalue weighted by molar-refractivity contribution is 0.277. The third-order valence-electron chi connectivity index (χ3n) is 3.27. The molecule has 1 aliphatic rings. The first-order valence-electron chi connectivity index (χ1n) is 5.47. The first-order chi connectivity index (χ1) is 8.16. The number of hydrogen-bond donors (Lipinski definition) is 1. The Morgan fingerprint density at radius 2 is 2.12 bits per heavy atom. The van der Waals surface area contributed by atoms with E-state index < -0.39 is 11.2 Å². The van der Waals surface area contributed by atoms with Crippen molar-refractivity contribution in [2.45, 2.75) is 24.5 Å². The molecular weight excluding hydrogens is 216 g/mol. The van der Waals surface area contributed by atoms with E-state index in [1.807, 2.05) is 37.3 Å². The average molecular weight is 230 g/mol. The van der Waals surface area contributed by atoms with E-state index in [1.54, 1.807) is 0 Å². The summed E-state index contributed by atoms with van der Waals surface area (Å²) in [5, 5.41) is 17.0. The number of nitrogens with one attached hydrogen (secondary N) is 1. The molecule has 2 atom stereocenters. The van der Waals surface area contributed by atoms with Crippen LogP contribution >= 0.6 is 0 Å². The lowest BCUT2D eigenvalue weighted by Gasteiger charge is -2.13. The Hall–Kier alpha value is -1.86. The van der Waals surface area contributed by atoms with Crippen molar-refractivity contribution in [3.63, 3.8) is 0 Å². The highest BCUT2D eigenvalue weighted by atomic mass is 16.7. The number of ether oxygens (including phenoxy) is 2. The summed E-state index contributed by atoms with van der Waals surface area (Å²) < 4.78 is 10.5. The van der Waals surface area contributed by atoms with Gasteiger partial charge in [0.05, 0.1) is 7.11 Å². The van der Waals surface area contributed by atoms with Gasteiger partial charge in [-0.05, 0) is 12.0 Å². The zero-order chi connectivity index (χ0) is 12.5. The number of hydrogen-bond acceptors (Lipinski definition) is 4. The van der Waals surface area contributed by atoms with Crippen LogP contribution in [0.5, 0.6) is 0 Å². The van der Waals surface area contributed by atoms with E-state index in [9.17, 15) is 5.26 Å². The fourth-order valence-corrected chi connectivity index (χ4v) is 2.27. The van der Waals surface area contributed by atoms with Gasteiger partial charge in [-0.15, -0.1) is 0 Å². The Bertz CT molecular complexity index is 480. The molecule has 0 unspecified atom stereocenters. The molecule has 88 valence electrons. The van der Waals surface area contributed by atoms with Gasteiger partial charge in [0, 0.05) is 0 Å². The van der Waals surface area contributed by atoms with Crippen LogP contribution in [0.3, 0.4) is 0 Å². The topological polar surface area (TPSA) is 69.4 Å². The van der Waals surface area contributed by atoms with Gasteiger partial charge in [-0.3, -0.25) is 5.41 Å². The van der Waals surface area contributed by atoms with Crippen LogP contribution in [0.4, 0.5) is 0 Å². The maximum Gasteiger partial charge on any atom is 0.264 e. The van der Waals surface area contributed by atoms with Crippen LogP contribution in [-0.2, 0) is 15.1 Å². The first-order valence-corrected chi connectivity index (χ1v) is 5.47. The van der Waals surface area contributed by atoms with Gasteiger partial charge in [0.2, 0.25) is 5.90 Å². The standard InChI is InChI=1S/C13H14N2O2/c1-3-12(10-7-5-4-6-8-10)13(9-14,17-12)11(15)16-2/h4-8,15H,3H2,1-2H3/t12-,13-/m0/s1. The summed E-state index contributed by atoms with van der Waals surface area (Å²) in [7, 11) is 1.38. The average Bonchev–Trinajstić information content (AvgIpc) is 3.10. The summed E-state index contributed by atoms with van der Waals surface area (Å²) in [5.74, 6) is -0.134. The third-order valence-corrected chi connectivity index (χ3v) is 3.27. The summed E-state index contributed by atoms with van der Waals surface area (Å²) in [5.41, 5.74) is -1.10. The molecule has 0 spiro atoms. The van der Waals surface area contributed by atoms with Gasteiger partial charge >= 0.3 is 0 Å². The molecule has 0 aromatic heterocycles. The highest BCUT2D eigenvalue weighted by Crippen LogP contribution is 2.58. The predicted octanol–water partition coefficient (Wildman–Crippen LogP) is 2.21. The fourth-order valence-electron chi connectivity index (χ4n) is 2.27. The molecule has 0 saturated carbocycles. The molecule has 0 radical (unpaired) electrons. The molecule has 1 aromatic carbocycles. The normalized spacial score (nSPS) is 30.4. The Labute approximate surface area is 100 Å². The molecule has 0 aliphatic carbocycles. The summed E-state index contributed by atoms with van der Waals surface area (Å²) >= 11 is 0. The minimum atomic E-state index is -1.27. The molecule has 1 saturated heterocycles. The second kappa shape index (κ2) is 3.86. The van der Waals surface area contributed by atoms with Gasteiger partial charge in [0.25, 0.3) is 5.60 Å². The lowest BCUT2D eigenvalue weighted by Crippen LogP contribution is -2.31. The summed E-state index contributed by atoms with van der Waals surface area (Å²) in [6.07, 6.45) is 0.621. The van der Waals surface area contributed by atoms with Crippen molar-refractivity contribution >= 4 is 5.90 Å². The van der Waals surface area contributed by atoms with Crippen LogP contribution in [0.1, 0.15) is 18.9 Å². The molecular formula is C13H14N2O2. The van der Waals surface area contributed by atoms with Crippen molar-refractivity contribution in [2.24, 2.45) is 0 Å². The van der Waals surface area contributed by atoms with E-state index in [-0.39, 0.29) is 5.90 Å². The van der Waals surface area contributed by atoms with E-state index in [2.05, 4.69) is 6.07 Å². The molecule has 17 heavy (non-hydrogen) atoms. The summed E-state index contributed by atoms with van der Waals surface area (Å²) in [6.45, 7) is 1.94. The third kappa shape index (κ3) is 1.36. The largest absolute Gasteiger partial charge is 0.481 e. The second-order valence-corrected chi connectivity index (χ2v) is 3.97. The zero-order valence-corrected chi connectivity index (χ0v) is 9.86. The molecule has 0 amide bonds. The predicted molar refractivity (Wildman–Crippen MR) is 62.6 cm³/mol. The van der Waals surface area contributed by atoms with Crippen LogP contribution in [0.2, 0.25) is 0 Å². The van der Waals surface area contributed by atoms with E-state index in [4.69, 9.17) is 14.9 Å². The van der Waals surface area contributed by atoms with Crippen LogP contribution in [0.25, 0.3) is 0 Å². The number of epoxide rings is 1. The SMILES string of the molecule is CC[C@@]1(c2ccccc2)O[C@@]1(C#N)C(=N)OC. The van der Waals surface area contributed by atoms with Gasteiger partial charge < -0.3 is 9.47 Å². The van der Waals surface area contributed by atoms with Gasteiger partial charge in [-0.25, -0.2) is 0 Å². The molecule has 1 fully saturated rings. The zero-order valence-electron chi connectivity index (χ0n) is 9.86. The molecule has 4 nitrogen and oxygen atoms in total. The maximum absolute atomic E-state index is 9.29. The smallest absolute Gasteiger partial charge is 0.264 e. The number of benzene rings is 1. The number of rotatable bonds is 3. The van der Waals surface area contributed by atoms with Crippen molar-refractivity contribution in [1.82, 2.24) is 0 Å². The fraction of sp³-hybridized carbons (Fsp3) is 0.385. The number of nitriles is 1. The minimum absolute atomic E-state index is 0.134. The van der Waals surface area contributed by atoms with Crippen LogP contribution < -0.4 is 0 Å². The number of nitrogens with zero attached hydrogens (tertiary/aromatic N) is 1. The highest BCUT2D eigenvalue weighted by molar-refractivity contribution is 5.91. The van der Waals surface area contributed by atoms with Crippen LogP contribution in [0, 0.1) is 16.7 Å². The van der Waals surface area contributed by atoms with E-state index in [0.717, 1.165) is 5.56 Å². The van der Waals surface area contributed by atoms with Crippen molar-refractivity contribution in [1.29, 1.82) is 10.7 Å². The second-order valence-electron chi connectivity index (χ2n) is 3.97. The van der Waals surface area contributed by atoms with Crippen molar-refractivity contribution in [3.8, 4) is 6.07 Å². The Kier molecular flexibility index (Phi) is 2.64. The molecule has 1 N–H and O–H groups in total. The Morgan fingerprint density at radius 1 is 1.47 bits per heavy atom. The molecule has 0 bridgehead atoms. The summed E-state index contributed by atoms with van der Waals surface area (Å²) in [4.78, 5) is 0. The molecule has 4 heteroatoms. The van der Waals surface area contributed by atoms with Gasteiger partial charge in [-0.2, -0.15) is 5.26 Å². The number of methoxy groups -OCH3 is 1. The molecule has 2 rings (SSSR count). The van der Waals surface area contributed by atoms with Crippen LogP contribution in [-0.4, -0.2) is 18.6 Å². The van der Waals surface area contributed by atoms with E-state index in [1.165, 1.54) is 7.11 Å². The van der Waals surface area contributed by atoms with Crippen molar-refractivity contribution in [3.05, 3.63) is 35.9 Å². The van der Waals surface area contributed by atoms with Crippen LogP contribution in [0.15, 0.2) is 30.3 Å². The minimum Gasteiger partial charge on any atom is -0.481 e. The lowest BCUT2D eigenvalue weighted by atomic mass is 9.84. The monoisotopic (exact) mass is 230 g/mol. The molecule has 1 heterocycles. The maximum atomic E-state index is 9.29. The van der Waals surface area contributed by atoms with E-state index in [0.29, 0.717) is 6.42 Å². The van der Waals surface area contributed by atoms with E-state index >= 15 is 0 Å². The van der Waals surface area contributed by atoms with Gasteiger partial charge in [0.1, 0.15) is 11.7 Å². The Morgan fingerprint density at radius 3 is 2.59 bits per heavy atom. The molecule has 1 aromatic rings. The van der Waals surface area contributed by atoms with Gasteiger partial charge in [-0.1, -0.05) is 37.3 Å². The Balaban J connectivity index is 2.45. The highest BCUT2D eigenvalue weighted by Gasteiger charge is 2.75. The van der Waals surface area contributed by atoms with Crippen molar-refractivity contribution < 1.29 is 9.47 Å². The molecule has 1 aliphatic heterocycles. The van der Waals surface area contributed by atoms with Crippen molar-refractivity contribution in [2.75, 3.05) is 7.11 Å². The quantitative estimate of drug-likeness (QED) is 0.491. The first kappa shape index (κ1) is 11.6. The van der Waals surface area contributed by atoms with Gasteiger partial charge in [0.15, 0.2) is 0 Å².